The highest BCUT2D eigenvalue weighted by atomic mass is 32.2. The third-order valence-electron chi connectivity index (χ3n) is 4.27. The molecule has 9 nitrogen and oxygen atoms in total. The Labute approximate surface area is 146 Å². The van der Waals surface area contributed by atoms with Crippen molar-refractivity contribution in [2.24, 2.45) is 0 Å². The monoisotopic (exact) mass is 368 g/mol. The Morgan fingerprint density at radius 3 is 2.88 bits per heavy atom. The standard InChI is InChI=1S/C15H19N3O6S/c19-14(12-5-6-17(12)15(20)21)13-10-3-1-2-4-11(10)16-18(13)7-8-24-9-25(22)23/h1-4,12,14,19H,5-9H2,(H,20,21)(H,22,23)/p-1/t12-,14?/m0/s1. The van der Waals surface area contributed by atoms with Crippen molar-refractivity contribution in [3.8, 4) is 0 Å². The number of hydrogen-bond acceptors (Lipinski definition) is 6. The molecule has 0 aliphatic carbocycles. The van der Waals surface area contributed by atoms with Crippen LogP contribution >= 0.6 is 0 Å². The molecule has 2 aromatic rings. The first-order valence-corrected chi connectivity index (χ1v) is 9.00. The summed E-state index contributed by atoms with van der Waals surface area (Å²) in [5.74, 6) is -0.409. The lowest BCUT2D eigenvalue weighted by Crippen LogP contribution is -2.53. The molecule has 1 aliphatic rings. The topological polar surface area (TPSA) is 128 Å². The van der Waals surface area contributed by atoms with Crippen LogP contribution in [0.2, 0.25) is 0 Å². The van der Waals surface area contributed by atoms with E-state index in [4.69, 9.17) is 4.74 Å². The van der Waals surface area contributed by atoms with E-state index in [-0.39, 0.29) is 13.2 Å². The lowest BCUT2D eigenvalue weighted by molar-refractivity contribution is -0.00892. The summed E-state index contributed by atoms with van der Waals surface area (Å²) in [6, 6.07) is 6.73. The summed E-state index contributed by atoms with van der Waals surface area (Å²) in [6.07, 6.45) is -1.52. The number of aliphatic hydroxyl groups excluding tert-OH is 1. The average molecular weight is 368 g/mol. The van der Waals surface area contributed by atoms with Gasteiger partial charge in [0.1, 0.15) is 12.0 Å². The Bertz CT molecular complexity index is 795. The molecule has 2 N–H and O–H groups in total. The minimum absolute atomic E-state index is 0.106. The summed E-state index contributed by atoms with van der Waals surface area (Å²) in [4.78, 5) is 12.4. The number of aliphatic hydroxyl groups is 1. The van der Waals surface area contributed by atoms with Crippen LogP contribution < -0.4 is 0 Å². The van der Waals surface area contributed by atoms with E-state index in [1.165, 1.54) is 4.90 Å². The number of nitrogens with zero attached hydrogens (tertiary/aromatic N) is 3. The Morgan fingerprint density at radius 1 is 1.48 bits per heavy atom. The van der Waals surface area contributed by atoms with Crippen LogP contribution in [0, 0.1) is 0 Å². The van der Waals surface area contributed by atoms with Gasteiger partial charge in [0.05, 0.1) is 30.4 Å². The minimum Gasteiger partial charge on any atom is -0.771 e. The van der Waals surface area contributed by atoms with Crippen LogP contribution in [0.3, 0.4) is 0 Å². The predicted molar refractivity (Wildman–Crippen MR) is 87.6 cm³/mol. The molecule has 1 aromatic carbocycles. The van der Waals surface area contributed by atoms with E-state index in [1.54, 1.807) is 10.7 Å². The number of fused-ring (bicyclic) bond motifs is 1. The third-order valence-corrected chi connectivity index (χ3v) is 4.63. The van der Waals surface area contributed by atoms with E-state index < -0.39 is 35.3 Å². The molecule has 2 unspecified atom stereocenters. The van der Waals surface area contributed by atoms with Crippen LogP contribution in [0.5, 0.6) is 0 Å². The quantitative estimate of drug-likeness (QED) is 0.543. The summed E-state index contributed by atoms with van der Waals surface area (Å²) in [6.45, 7) is 0.745. The molecule has 1 aromatic heterocycles. The van der Waals surface area contributed by atoms with Crippen molar-refractivity contribution < 1.29 is 28.5 Å². The third kappa shape index (κ3) is 3.66. The lowest BCUT2D eigenvalue weighted by atomic mass is 9.94. The number of likely N-dealkylation sites (tertiary alicyclic amines) is 1. The maximum atomic E-state index is 11.2. The van der Waals surface area contributed by atoms with Crippen LogP contribution in [-0.4, -0.2) is 64.9 Å². The van der Waals surface area contributed by atoms with E-state index in [2.05, 4.69) is 5.10 Å². The van der Waals surface area contributed by atoms with Gasteiger partial charge in [0.15, 0.2) is 0 Å². The fourth-order valence-electron chi connectivity index (χ4n) is 3.02. The van der Waals surface area contributed by atoms with Gasteiger partial charge in [0.25, 0.3) is 0 Å². The number of hydrogen-bond donors (Lipinski definition) is 2. The van der Waals surface area contributed by atoms with Gasteiger partial charge in [0, 0.05) is 11.9 Å². The molecule has 0 spiro atoms. The molecule has 1 aliphatic heterocycles. The van der Waals surface area contributed by atoms with Gasteiger partial charge in [-0.15, -0.1) is 0 Å². The van der Waals surface area contributed by atoms with Crippen LogP contribution in [0.15, 0.2) is 24.3 Å². The highest BCUT2D eigenvalue weighted by Crippen LogP contribution is 2.34. The zero-order valence-electron chi connectivity index (χ0n) is 13.3. The number of aromatic nitrogens is 2. The molecular weight excluding hydrogens is 350 g/mol. The predicted octanol–water partition coefficient (Wildman–Crippen LogP) is 0.675. The second-order valence-corrected chi connectivity index (χ2v) is 6.58. The largest absolute Gasteiger partial charge is 0.771 e. The Morgan fingerprint density at radius 2 is 2.24 bits per heavy atom. The first-order valence-electron chi connectivity index (χ1n) is 7.75. The zero-order valence-corrected chi connectivity index (χ0v) is 14.1. The molecular formula is C15H18N3O6S-. The van der Waals surface area contributed by atoms with Gasteiger partial charge in [-0.05, 0) is 23.6 Å². The van der Waals surface area contributed by atoms with E-state index in [0.29, 0.717) is 24.2 Å². The number of carboxylic acid groups (broad SMARTS) is 1. The highest BCUT2D eigenvalue weighted by molar-refractivity contribution is 7.78. The fraction of sp³-hybridized carbons (Fsp3) is 0.467. The van der Waals surface area contributed by atoms with Crippen molar-refractivity contribution in [1.82, 2.24) is 14.7 Å². The van der Waals surface area contributed by atoms with E-state index in [1.807, 2.05) is 18.2 Å². The van der Waals surface area contributed by atoms with Crippen LogP contribution in [0.1, 0.15) is 18.2 Å². The molecule has 1 fully saturated rings. The number of amides is 1. The maximum Gasteiger partial charge on any atom is 0.407 e. The number of carbonyl (C=O) groups is 1. The van der Waals surface area contributed by atoms with Crippen LogP contribution in [0.4, 0.5) is 4.79 Å². The minimum atomic E-state index is -2.29. The molecule has 0 bridgehead atoms. The van der Waals surface area contributed by atoms with Crippen molar-refractivity contribution in [3.63, 3.8) is 0 Å². The van der Waals surface area contributed by atoms with Crippen LogP contribution in [-0.2, 0) is 22.4 Å². The summed E-state index contributed by atoms with van der Waals surface area (Å²) in [7, 11) is 0. The fourth-order valence-corrected chi connectivity index (χ4v) is 3.27. The van der Waals surface area contributed by atoms with E-state index in [9.17, 15) is 23.8 Å². The van der Waals surface area contributed by atoms with Gasteiger partial charge >= 0.3 is 6.09 Å². The van der Waals surface area contributed by atoms with Gasteiger partial charge in [-0.1, -0.05) is 18.2 Å². The molecule has 0 saturated carbocycles. The average Bonchev–Trinajstić information content (AvgIpc) is 2.87. The second kappa shape index (κ2) is 7.48. The molecule has 2 heterocycles. The molecule has 136 valence electrons. The molecule has 25 heavy (non-hydrogen) atoms. The first kappa shape index (κ1) is 17.8. The summed E-state index contributed by atoms with van der Waals surface area (Å²) >= 11 is -2.29. The van der Waals surface area contributed by atoms with Crippen molar-refractivity contribution in [2.75, 3.05) is 19.1 Å². The normalized spacial score (nSPS) is 19.6. The van der Waals surface area contributed by atoms with Gasteiger partial charge in [-0.3, -0.25) is 8.89 Å². The Kier molecular flexibility index (Phi) is 5.33. The van der Waals surface area contributed by atoms with Crippen LogP contribution in [0.25, 0.3) is 10.9 Å². The van der Waals surface area contributed by atoms with Crippen molar-refractivity contribution in [1.29, 1.82) is 0 Å². The molecule has 0 radical (unpaired) electrons. The molecule has 1 saturated heterocycles. The lowest BCUT2D eigenvalue weighted by Gasteiger charge is -2.41. The van der Waals surface area contributed by atoms with Gasteiger partial charge < -0.3 is 24.4 Å². The van der Waals surface area contributed by atoms with Crippen molar-refractivity contribution in [3.05, 3.63) is 30.0 Å². The molecule has 10 heteroatoms. The summed E-state index contributed by atoms with van der Waals surface area (Å²) in [5, 5.41) is 25.1. The Balaban J connectivity index is 1.85. The number of benzene rings is 1. The zero-order chi connectivity index (χ0) is 18.0. The van der Waals surface area contributed by atoms with E-state index in [0.717, 1.165) is 5.39 Å². The molecule has 3 rings (SSSR count). The summed E-state index contributed by atoms with van der Waals surface area (Å²) < 4.78 is 27.6. The Hall–Kier alpha value is -2.01. The van der Waals surface area contributed by atoms with Gasteiger partial charge in [-0.2, -0.15) is 5.10 Å². The second-order valence-electron chi connectivity index (χ2n) is 5.73. The highest BCUT2D eigenvalue weighted by Gasteiger charge is 2.40. The summed E-state index contributed by atoms with van der Waals surface area (Å²) in [5.41, 5.74) is 1.18. The molecule has 3 atom stereocenters. The van der Waals surface area contributed by atoms with Crippen molar-refractivity contribution >= 4 is 28.1 Å². The SMILES string of the molecule is O=C(O)N1CC[C@H]1C(O)c1c2ccccc2nn1CCOCS(=O)[O-]. The van der Waals surface area contributed by atoms with Gasteiger partial charge in [-0.25, -0.2) is 4.79 Å². The number of ether oxygens (including phenoxy) is 1. The van der Waals surface area contributed by atoms with E-state index >= 15 is 0 Å². The molecule has 1 amide bonds. The van der Waals surface area contributed by atoms with Crippen molar-refractivity contribution in [2.45, 2.75) is 25.1 Å². The maximum absolute atomic E-state index is 11.2. The first-order chi connectivity index (χ1) is 12.0. The number of rotatable bonds is 7. The smallest absolute Gasteiger partial charge is 0.407 e. The van der Waals surface area contributed by atoms with Gasteiger partial charge in [0.2, 0.25) is 0 Å².